The molecule has 0 aromatic carbocycles. The van der Waals surface area contributed by atoms with E-state index in [4.69, 9.17) is 9.47 Å². The van der Waals surface area contributed by atoms with Gasteiger partial charge in [-0.25, -0.2) is 0 Å². The minimum Gasteiger partial charge on any atom is -0.469 e. The van der Waals surface area contributed by atoms with Crippen LogP contribution in [0.5, 0.6) is 0 Å². The predicted octanol–water partition coefficient (Wildman–Crippen LogP) is 1.34. The molecule has 0 N–H and O–H groups in total. The Bertz CT molecular complexity index is 132. The van der Waals surface area contributed by atoms with Crippen molar-refractivity contribution in [2.75, 3.05) is 21.3 Å². The van der Waals surface area contributed by atoms with Gasteiger partial charge < -0.3 is 14.2 Å². The van der Waals surface area contributed by atoms with Gasteiger partial charge >= 0.3 is 5.97 Å². The quantitative estimate of drug-likeness (QED) is 0.345. The van der Waals surface area contributed by atoms with Crippen LogP contribution in [0, 0.1) is 0 Å². The van der Waals surface area contributed by atoms with Crippen molar-refractivity contribution in [2.24, 2.45) is 0 Å². The molecule has 0 fully saturated rings. The molecule has 0 saturated carbocycles. The Morgan fingerprint density at radius 3 is 2.23 bits per heavy atom. The lowest BCUT2D eigenvalue weighted by Crippen LogP contribution is -2.12. The van der Waals surface area contributed by atoms with Gasteiger partial charge in [-0.05, 0) is 19.3 Å². The van der Waals surface area contributed by atoms with Crippen LogP contribution in [0.4, 0.5) is 0 Å². The Hall–Kier alpha value is -0.610. The van der Waals surface area contributed by atoms with E-state index in [1.54, 1.807) is 14.2 Å². The molecule has 0 aromatic heterocycles. The Kier molecular flexibility index (Phi) is 7.63. The van der Waals surface area contributed by atoms with Crippen LogP contribution in [0.1, 0.15) is 25.7 Å². The molecule has 0 rings (SSSR count). The molecule has 13 heavy (non-hydrogen) atoms. The normalized spacial score (nSPS) is 10.5. The van der Waals surface area contributed by atoms with Gasteiger partial charge in [0.25, 0.3) is 0 Å². The predicted molar refractivity (Wildman–Crippen MR) is 48.3 cm³/mol. The van der Waals surface area contributed by atoms with Crippen molar-refractivity contribution >= 4 is 5.97 Å². The van der Waals surface area contributed by atoms with E-state index in [0.29, 0.717) is 6.42 Å². The minimum atomic E-state index is -0.161. The van der Waals surface area contributed by atoms with Crippen molar-refractivity contribution in [3.8, 4) is 0 Å². The number of unbranched alkanes of at least 4 members (excludes halogenated alkanes) is 1. The molecule has 4 nitrogen and oxygen atoms in total. The minimum absolute atomic E-state index is 0.155. The molecule has 0 heterocycles. The molecule has 0 unspecified atom stereocenters. The largest absolute Gasteiger partial charge is 0.469 e. The molecule has 0 amide bonds. The number of rotatable bonds is 7. The summed E-state index contributed by atoms with van der Waals surface area (Å²) in [5, 5.41) is 0. The van der Waals surface area contributed by atoms with Crippen molar-refractivity contribution < 1.29 is 19.0 Å². The smallest absolute Gasteiger partial charge is 0.305 e. The first-order valence-corrected chi connectivity index (χ1v) is 4.37. The highest BCUT2D eigenvalue weighted by Gasteiger charge is 2.05. The molecule has 0 aliphatic rings. The maximum Gasteiger partial charge on any atom is 0.305 e. The van der Waals surface area contributed by atoms with E-state index in [1.807, 2.05) is 0 Å². The summed E-state index contributed by atoms with van der Waals surface area (Å²) in [6.45, 7) is 0. The third-order valence-corrected chi connectivity index (χ3v) is 1.82. The van der Waals surface area contributed by atoms with E-state index < -0.39 is 0 Å². The topological polar surface area (TPSA) is 44.8 Å². The lowest BCUT2D eigenvalue weighted by Gasteiger charge is -2.12. The Morgan fingerprint density at radius 1 is 1.15 bits per heavy atom. The molecule has 78 valence electrons. The Balaban J connectivity index is 3.28. The molecule has 0 radical (unpaired) electrons. The fourth-order valence-electron chi connectivity index (χ4n) is 1.01. The van der Waals surface area contributed by atoms with E-state index >= 15 is 0 Å². The highest BCUT2D eigenvalue weighted by atomic mass is 16.7. The number of carbonyl (C=O) groups excluding carboxylic acids is 1. The number of hydrogen-bond acceptors (Lipinski definition) is 4. The van der Waals surface area contributed by atoms with Crippen LogP contribution in [0.2, 0.25) is 0 Å². The third kappa shape index (κ3) is 6.54. The zero-order valence-corrected chi connectivity index (χ0v) is 8.54. The number of carbonyl (C=O) groups is 1. The average molecular weight is 190 g/mol. The van der Waals surface area contributed by atoms with E-state index in [2.05, 4.69) is 4.74 Å². The fourth-order valence-corrected chi connectivity index (χ4v) is 1.01. The summed E-state index contributed by atoms with van der Waals surface area (Å²) >= 11 is 0. The van der Waals surface area contributed by atoms with Crippen LogP contribution in [-0.4, -0.2) is 33.6 Å². The first-order chi connectivity index (χ1) is 6.24. The van der Waals surface area contributed by atoms with Gasteiger partial charge in [0.2, 0.25) is 0 Å². The van der Waals surface area contributed by atoms with Crippen LogP contribution >= 0.6 is 0 Å². The second-order valence-electron chi connectivity index (χ2n) is 2.72. The van der Waals surface area contributed by atoms with Gasteiger partial charge in [-0.2, -0.15) is 0 Å². The van der Waals surface area contributed by atoms with Crippen LogP contribution < -0.4 is 0 Å². The van der Waals surface area contributed by atoms with Crippen molar-refractivity contribution in [1.29, 1.82) is 0 Å². The molecule has 0 bridgehead atoms. The second-order valence-corrected chi connectivity index (χ2v) is 2.72. The second kappa shape index (κ2) is 8.01. The van der Waals surface area contributed by atoms with E-state index in [-0.39, 0.29) is 12.3 Å². The van der Waals surface area contributed by atoms with Crippen LogP contribution in [0.3, 0.4) is 0 Å². The Morgan fingerprint density at radius 2 is 1.77 bits per heavy atom. The lowest BCUT2D eigenvalue weighted by molar-refractivity contribution is -0.141. The van der Waals surface area contributed by atoms with Gasteiger partial charge in [0.15, 0.2) is 6.29 Å². The van der Waals surface area contributed by atoms with E-state index in [0.717, 1.165) is 19.3 Å². The number of hydrogen-bond donors (Lipinski definition) is 0. The number of methoxy groups -OCH3 is 3. The number of esters is 1. The van der Waals surface area contributed by atoms with Crippen LogP contribution in [0.25, 0.3) is 0 Å². The van der Waals surface area contributed by atoms with Gasteiger partial charge in [-0.15, -0.1) is 0 Å². The Labute approximate surface area is 79.2 Å². The fraction of sp³-hybridized carbons (Fsp3) is 0.889. The van der Waals surface area contributed by atoms with Gasteiger partial charge in [0.1, 0.15) is 0 Å². The molecular formula is C9H18O4. The maximum absolute atomic E-state index is 10.7. The monoisotopic (exact) mass is 190 g/mol. The summed E-state index contributed by atoms with van der Waals surface area (Å²) < 4.78 is 14.5. The van der Waals surface area contributed by atoms with Crippen molar-refractivity contribution in [3.05, 3.63) is 0 Å². The highest BCUT2D eigenvalue weighted by molar-refractivity contribution is 5.68. The summed E-state index contributed by atoms with van der Waals surface area (Å²) in [6.07, 6.45) is 2.84. The summed E-state index contributed by atoms with van der Waals surface area (Å²) in [7, 11) is 4.61. The molecule has 0 aromatic rings. The van der Waals surface area contributed by atoms with E-state index in [1.165, 1.54) is 7.11 Å². The molecule has 0 spiro atoms. The van der Waals surface area contributed by atoms with Gasteiger partial charge in [-0.3, -0.25) is 4.79 Å². The molecule has 0 aliphatic heterocycles. The number of ether oxygens (including phenoxy) is 3. The first kappa shape index (κ1) is 12.4. The molecule has 0 aliphatic carbocycles. The summed E-state index contributed by atoms with van der Waals surface area (Å²) in [6, 6.07) is 0. The standard InChI is InChI=1S/C9H18O4/c1-11-8(10)6-4-5-7-9(12-2)13-3/h9H,4-7H2,1-3H3. The summed E-state index contributed by atoms with van der Waals surface area (Å²) in [5.41, 5.74) is 0. The first-order valence-electron chi connectivity index (χ1n) is 4.37. The van der Waals surface area contributed by atoms with Gasteiger partial charge in [0.05, 0.1) is 7.11 Å². The van der Waals surface area contributed by atoms with Crippen LogP contribution in [-0.2, 0) is 19.0 Å². The molecule has 4 heteroatoms. The molecule has 0 saturated heterocycles. The highest BCUT2D eigenvalue weighted by Crippen LogP contribution is 2.06. The summed E-state index contributed by atoms with van der Waals surface area (Å²) in [5.74, 6) is -0.161. The van der Waals surface area contributed by atoms with Crippen molar-refractivity contribution in [3.63, 3.8) is 0 Å². The van der Waals surface area contributed by atoms with Crippen molar-refractivity contribution in [1.82, 2.24) is 0 Å². The van der Waals surface area contributed by atoms with Gasteiger partial charge in [-0.1, -0.05) is 0 Å². The van der Waals surface area contributed by atoms with Gasteiger partial charge in [0, 0.05) is 20.6 Å². The molecular weight excluding hydrogens is 172 g/mol. The zero-order valence-electron chi connectivity index (χ0n) is 8.54. The van der Waals surface area contributed by atoms with E-state index in [9.17, 15) is 4.79 Å². The zero-order chi connectivity index (χ0) is 10.1. The summed E-state index contributed by atoms with van der Waals surface area (Å²) in [4.78, 5) is 10.7. The average Bonchev–Trinajstić information content (AvgIpc) is 2.18. The van der Waals surface area contributed by atoms with Crippen molar-refractivity contribution in [2.45, 2.75) is 32.0 Å². The third-order valence-electron chi connectivity index (χ3n) is 1.82. The van der Waals surface area contributed by atoms with Crippen LogP contribution in [0.15, 0.2) is 0 Å². The maximum atomic E-state index is 10.7. The lowest BCUT2D eigenvalue weighted by atomic mass is 10.2. The SMILES string of the molecule is COC(=O)CCCCC(OC)OC. The molecule has 0 atom stereocenters.